The van der Waals surface area contributed by atoms with Crippen LogP contribution in [0.3, 0.4) is 0 Å². The molecule has 0 amide bonds. The molecule has 0 bridgehead atoms. The molecule has 0 saturated carbocycles. The molecule has 0 saturated heterocycles. The minimum absolute atomic E-state index is 0.182. The van der Waals surface area contributed by atoms with Gasteiger partial charge in [-0.15, -0.1) is 0 Å². The smallest absolute Gasteiger partial charge is 0.171 e. The quantitative estimate of drug-likeness (QED) is 0.707. The Morgan fingerprint density at radius 3 is 2.74 bits per heavy atom. The van der Waals surface area contributed by atoms with Crippen LogP contribution in [0.1, 0.15) is 23.1 Å². The van der Waals surface area contributed by atoms with Crippen molar-refractivity contribution in [1.82, 2.24) is 9.88 Å². The summed E-state index contributed by atoms with van der Waals surface area (Å²) in [7, 11) is 0. The van der Waals surface area contributed by atoms with E-state index in [2.05, 4.69) is 36.9 Å². The number of rotatable bonds is 4. The van der Waals surface area contributed by atoms with Crippen molar-refractivity contribution in [3.8, 4) is 0 Å². The molecule has 1 aromatic heterocycles. The lowest BCUT2D eigenvalue weighted by Gasteiger charge is -2.31. The first-order valence-corrected chi connectivity index (χ1v) is 10.0. The number of pyridine rings is 1. The number of hydrogen-bond acceptors (Lipinski definition) is 4. The van der Waals surface area contributed by atoms with E-state index < -0.39 is 0 Å². The molecule has 0 spiro atoms. The number of benzene rings is 2. The van der Waals surface area contributed by atoms with Crippen molar-refractivity contribution in [3.63, 3.8) is 0 Å². The number of fused-ring (bicyclic) bond motifs is 2. The zero-order valence-corrected chi connectivity index (χ0v) is 16.5. The van der Waals surface area contributed by atoms with E-state index in [1.165, 1.54) is 22.1 Å². The summed E-state index contributed by atoms with van der Waals surface area (Å²) in [5.74, 6) is 0. The molecule has 5 heteroatoms. The number of aliphatic imine (C=N–C) groups is 1. The molecule has 3 aromatic rings. The fourth-order valence-electron chi connectivity index (χ4n) is 3.45. The molecule has 0 aliphatic carbocycles. The fourth-order valence-corrected chi connectivity index (χ4v) is 4.45. The molecular weight excluding hydrogens is 354 g/mol. The van der Waals surface area contributed by atoms with Gasteiger partial charge in [-0.25, -0.2) is 9.98 Å². The van der Waals surface area contributed by atoms with Gasteiger partial charge in [-0.2, -0.15) is 0 Å². The third kappa shape index (κ3) is 3.84. The molecule has 4 rings (SSSR count). The van der Waals surface area contributed by atoms with Gasteiger partial charge in [0.05, 0.1) is 11.2 Å². The first-order valence-electron chi connectivity index (χ1n) is 9.22. The maximum Gasteiger partial charge on any atom is 0.171 e. The van der Waals surface area contributed by atoms with Crippen LogP contribution in [-0.2, 0) is 6.54 Å². The highest BCUT2D eigenvalue weighted by Gasteiger charge is 2.24. The van der Waals surface area contributed by atoms with Crippen LogP contribution in [0.4, 0.5) is 5.69 Å². The van der Waals surface area contributed by atoms with Gasteiger partial charge in [0, 0.05) is 30.6 Å². The lowest BCUT2D eigenvalue weighted by Crippen LogP contribution is -2.33. The molecule has 27 heavy (non-hydrogen) atoms. The SMILES string of the molecule is Cc1cc(C)c2nc3c(cc2c1)CN(CCCO)C(=Nc1ccccc1)S3. The normalized spacial score (nSPS) is 15.4. The Balaban J connectivity index is 1.77. The summed E-state index contributed by atoms with van der Waals surface area (Å²) in [6, 6.07) is 16.6. The van der Waals surface area contributed by atoms with Crippen LogP contribution in [0.2, 0.25) is 0 Å². The van der Waals surface area contributed by atoms with E-state index in [-0.39, 0.29) is 6.61 Å². The molecule has 2 heterocycles. The maximum absolute atomic E-state index is 9.28. The summed E-state index contributed by atoms with van der Waals surface area (Å²) in [6.45, 7) is 5.97. The van der Waals surface area contributed by atoms with Gasteiger partial charge in [0.25, 0.3) is 0 Å². The molecule has 138 valence electrons. The molecule has 1 N–H and O–H groups in total. The summed E-state index contributed by atoms with van der Waals surface area (Å²) < 4.78 is 0. The Hall–Kier alpha value is -2.37. The van der Waals surface area contributed by atoms with E-state index in [4.69, 9.17) is 9.98 Å². The van der Waals surface area contributed by atoms with Crippen LogP contribution in [0.5, 0.6) is 0 Å². The van der Waals surface area contributed by atoms with Crippen LogP contribution in [0.15, 0.2) is 58.5 Å². The maximum atomic E-state index is 9.28. The van der Waals surface area contributed by atoms with Crippen molar-refractivity contribution in [2.45, 2.75) is 31.8 Å². The molecule has 0 atom stereocenters. The second kappa shape index (κ2) is 7.71. The van der Waals surface area contributed by atoms with Crippen molar-refractivity contribution in [2.75, 3.05) is 13.2 Å². The van der Waals surface area contributed by atoms with E-state index in [1.807, 2.05) is 30.3 Å². The van der Waals surface area contributed by atoms with E-state index in [9.17, 15) is 5.11 Å². The second-order valence-electron chi connectivity index (χ2n) is 6.94. The minimum atomic E-state index is 0.182. The standard InChI is InChI=1S/C22H23N3OS/c1-15-11-16(2)20-17(12-15)13-18-14-25(9-6-10-26)22(27-21(18)24-20)23-19-7-4-3-5-8-19/h3-5,7-8,11-13,26H,6,9-10,14H2,1-2H3. The third-order valence-electron chi connectivity index (χ3n) is 4.68. The Morgan fingerprint density at radius 2 is 1.96 bits per heavy atom. The van der Waals surface area contributed by atoms with Crippen molar-refractivity contribution >= 4 is 33.5 Å². The largest absolute Gasteiger partial charge is 0.396 e. The Bertz CT molecular complexity index is 1000. The predicted molar refractivity (Wildman–Crippen MR) is 113 cm³/mol. The highest BCUT2D eigenvalue weighted by molar-refractivity contribution is 8.13. The van der Waals surface area contributed by atoms with Crippen LogP contribution in [0, 0.1) is 13.8 Å². The highest BCUT2D eigenvalue weighted by Crippen LogP contribution is 2.35. The molecule has 1 aliphatic heterocycles. The number of thioether (sulfide) groups is 1. The van der Waals surface area contributed by atoms with E-state index in [0.29, 0.717) is 0 Å². The van der Waals surface area contributed by atoms with Crippen molar-refractivity contribution in [1.29, 1.82) is 0 Å². The number of aromatic nitrogens is 1. The van der Waals surface area contributed by atoms with Crippen LogP contribution in [0.25, 0.3) is 10.9 Å². The number of aliphatic hydroxyl groups is 1. The average molecular weight is 378 g/mol. The molecule has 0 radical (unpaired) electrons. The molecule has 0 fully saturated rings. The monoisotopic (exact) mass is 377 g/mol. The summed E-state index contributed by atoms with van der Waals surface area (Å²) in [5, 5.41) is 12.5. The second-order valence-corrected chi connectivity index (χ2v) is 7.89. The highest BCUT2D eigenvalue weighted by atomic mass is 32.2. The first kappa shape index (κ1) is 18.0. The van der Waals surface area contributed by atoms with Crippen molar-refractivity contribution in [3.05, 3.63) is 65.2 Å². The number of aryl methyl sites for hydroxylation is 2. The number of amidine groups is 1. The third-order valence-corrected chi connectivity index (χ3v) is 5.76. The van der Waals surface area contributed by atoms with Gasteiger partial charge in [-0.3, -0.25) is 0 Å². The van der Waals surface area contributed by atoms with E-state index in [0.717, 1.165) is 40.9 Å². The van der Waals surface area contributed by atoms with Crippen molar-refractivity contribution < 1.29 is 5.11 Å². The Morgan fingerprint density at radius 1 is 1.15 bits per heavy atom. The van der Waals surface area contributed by atoms with Crippen molar-refractivity contribution in [2.24, 2.45) is 4.99 Å². The van der Waals surface area contributed by atoms with Crippen LogP contribution >= 0.6 is 11.8 Å². The molecule has 1 aliphatic rings. The lowest BCUT2D eigenvalue weighted by molar-refractivity contribution is 0.265. The Labute approximate surface area is 164 Å². The number of para-hydroxylation sites is 1. The average Bonchev–Trinajstić information content (AvgIpc) is 2.66. The van der Waals surface area contributed by atoms with Crippen LogP contribution < -0.4 is 0 Å². The first-order chi connectivity index (χ1) is 13.1. The number of aliphatic hydroxyl groups excluding tert-OH is 1. The van der Waals surface area contributed by atoms with E-state index in [1.54, 1.807) is 11.8 Å². The zero-order valence-electron chi connectivity index (χ0n) is 15.6. The number of nitrogens with zero attached hydrogens (tertiary/aromatic N) is 3. The molecule has 2 aromatic carbocycles. The Kier molecular flexibility index (Phi) is 5.14. The summed E-state index contributed by atoms with van der Waals surface area (Å²) >= 11 is 1.62. The fraction of sp³-hybridized carbons (Fsp3) is 0.273. The van der Waals surface area contributed by atoms with Crippen LogP contribution in [-0.4, -0.2) is 33.3 Å². The summed E-state index contributed by atoms with van der Waals surface area (Å²) in [5.41, 5.74) is 5.69. The molecule has 0 unspecified atom stereocenters. The predicted octanol–water partition coefficient (Wildman–Crippen LogP) is 4.83. The van der Waals surface area contributed by atoms with Gasteiger partial charge in [0.15, 0.2) is 5.17 Å². The minimum Gasteiger partial charge on any atom is -0.396 e. The van der Waals surface area contributed by atoms with Gasteiger partial charge in [-0.05, 0) is 61.9 Å². The van der Waals surface area contributed by atoms with Gasteiger partial charge >= 0.3 is 0 Å². The number of hydrogen-bond donors (Lipinski definition) is 1. The summed E-state index contributed by atoms with van der Waals surface area (Å²) in [4.78, 5) is 12.1. The van der Waals surface area contributed by atoms with Gasteiger partial charge in [0.2, 0.25) is 0 Å². The summed E-state index contributed by atoms with van der Waals surface area (Å²) in [6.07, 6.45) is 0.725. The molecular formula is C22H23N3OS. The van der Waals surface area contributed by atoms with Gasteiger partial charge in [-0.1, -0.05) is 29.8 Å². The van der Waals surface area contributed by atoms with Gasteiger partial charge in [0.1, 0.15) is 5.03 Å². The lowest BCUT2D eigenvalue weighted by atomic mass is 10.1. The van der Waals surface area contributed by atoms with E-state index >= 15 is 0 Å². The zero-order chi connectivity index (χ0) is 18.8. The van der Waals surface area contributed by atoms with Gasteiger partial charge < -0.3 is 10.0 Å². The molecule has 4 nitrogen and oxygen atoms in total. The topological polar surface area (TPSA) is 48.7 Å².